The molecule has 28 heavy (non-hydrogen) atoms. The van der Waals surface area contributed by atoms with Crippen LogP contribution in [0.25, 0.3) is 17.5 Å². The highest BCUT2D eigenvalue weighted by Gasteiger charge is 2.18. The van der Waals surface area contributed by atoms with Crippen molar-refractivity contribution in [2.24, 2.45) is 0 Å². The van der Waals surface area contributed by atoms with Gasteiger partial charge in [0.1, 0.15) is 11.6 Å². The molecule has 0 atom stereocenters. The maximum absolute atomic E-state index is 13.9. The predicted octanol–water partition coefficient (Wildman–Crippen LogP) is 4.48. The molecule has 4 nitrogen and oxygen atoms in total. The Morgan fingerprint density at radius 3 is 2.64 bits per heavy atom. The van der Waals surface area contributed by atoms with E-state index < -0.39 is 11.6 Å². The zero-order valence-corrected chi connectivity index (χ0v) is 15.6. The van der Waals surface area contributed by atoms with Crippen molar-refractivity contribution in [1.29, 1.82) is 0 Å². The number of hydrogen-bond acceptors (Lipinski definition) is 3. The molecule has 3 aromatic rings. The second-order valence-corrected chi connectivity index (χ2v) is 6.41. The molecule has 1 aromatic heterocycles. The molecule has 0 aliphatic heterocycles. The first-order chi connectivity index (χ1) is 13.4. The van der Waals surface area contributed by atoms with Gasteiger partial charge in [0.15, 0.2) is 11.6 Å². The lowest BCUT2D eigenvalue weighted by atomic mass is 10.1. The standard InChI is InChI=1S/C22H20F2N2O2/c1-3-6-17-14(2)25-21(18-9-5-10-19(24)20(18)27)26(22(17)28)12-11-15-7-4-8-16(23)13-15/h3-10,13,27H,11-12H2,1-2H3. The summed E-state index contributed by atoms with van der Waals surface area (Å²) in [6.07, 6.45) is 3.78. The molecule has 0 unspecified atom stereocenters. The minimum Gasteiger partial charge on any atom is -0.504 e. The summed E-state index contributed by atoms with van der Waals surface area (Å²) in [6.45, 7) is 3.68. The summed E-state index contributed by atoms with van der Waals surface area (Å²) in [5.74, 6) is -1.54. The first-order valence-corrected chi connectivity index (χ1v) is 8.88. The number of phenols is 1. The van der Waals surface area contributed by atoms with Crippen LogP contribution in [0.5, 0.6) is 5.75 Å². The van der Waals surface area contributed by atoms with Crippen molar-refractivity contribution in [3.8, 4) is 17.1 Å². The number of aryl methyl sites for hydroxylation is 2. The average Bonchev–Trinajstić information content (AvgIpc) is 2.66. The van der Waals surface area contributed by atoms with Gasteiger partial charge >= 0.3 is 0 Å². The van der Waals surface area contributed by atoms with Gasteiger partial charge in [0.25, 0.3) is 5.56 Å². The summed E-state index contributed by atoms with van der Waals surface area (Å²) < 4.78 is 28.7. The maximum Gasteiger partial charge on any atom is 0.261 e. The Kier molecular flexibility index (Phi) is 5.68. The van der Waals surface area contributed by atoms with Gasteiger partial charge in [-0.15, -0.1) is 0 Å². The smallest absolute Gasteiger partial charge is 0.261 e. The Hall–Kier alpha value is -3.28. The van der Waals surface area contributed by atoms with E-state index in [1.165, 1.54) is 28.8 Å². The molecule has 0 amide bonds. The van der Waals surface area contributed by atoms with Gasteiger partial charge in [-0.3, -0.25) is 9.36 Å². The van der Waals surface area contributed by atoms with Gasteiger partial charge in [0.05, 0.1) is 16.8 Å². The monoisotopic (exact) mass is 382 g/mol. The van der Waals surface area contributed by atoms with Gasteiger partial charge in [0, 0.05) is 6.54 Å². The van der Waals surface area contributed by atoms with Crippen molar-refractivity contribution < 1.29 is 13.9 Å². The molecular weight excluding hydrogens is 362 g/mol. The molecule has 0 radical (unpaired) electrons. The second kappa shape index (κ2) is 8.17. The highest BCUT2D eigenvalue weighted by atomic mass is 19.1. The van der Waals surface area contributed by atoms with Crippen molar-refractivity contribution in [1.82, 2.24) is 9.55 Å². The van der Waals surface area contributed by atoms with Crippen molar-refractivity contribution in [3.05, 3.63) is 87.3 Å². The minimum atomic E-state index is -0.793. The Morgan fingerprint density at radius 1 is 1.18 bits per heavy atom. The molecule has 144 valence electrons. The topological polar surface area (TPSA) is 55.1 Å². The van der Waals surface area contributed by atoms with Gasteiger partial charge in [0.2, 0.25) is 0 Å². The van der Waals surface area contributed by atoms with Gasteiger partial charge in [-0.2, -0.15) is 0 Å². The number of para-hydroxylation sites is 1. The van der Waals surface area contributed by atoms with Crippen LogP contribution in [0.4, 0.5) is 8.78 Å². The van der Waals surface area contributed by atoms with E-state index in [4.69, 9.17) is 0 Å². The summed E-state index contributed by atoms with van der Waals surface area (Å²) in [5.41, 5.74) is 1.44. The second-order valence-electron chi connectivity index (χ2n) is 6.41. The summed E-state index contributed by atoms with van der Waals surface area (Å²) in [6, 6.07) is 10.2. The van der Waals surface area contributed by atoms with Crippen LogP contribution in [-0.2, 0) is 13.0 Å². The molecular formula is C22H20F2N2O2. The largest absolute Gasteiger partial charge is 0.504 e. The highest BCUT2D eigenvalue weighted by molar-refractivity contribution is 5.65. The summed E-state index contributed by atoms with van der Waals surface area (Å²) in [5, 5.41) is 10.2. The third kappa shape index (κ3) is 3.86. The Labute approximate surface area is 161 Å². The molecule has 6 heteroatoms. The van der Waals surface area contributed by atoms with Crippen molar-refractivity contribution in [2.75, 3.05) is 0 Å². The summed E-state index contributed by atoms with van der Waals surface area (Å²) in [4.78, 5) is 17.5. The van der Waals surface area contributed by atoms with Crippen LogP contribution in [0.1, 0.15) is 23.7 Å². The summed E-state index contributed by atoms with van der Waals surface area (Å²) in [7, 11) is 0. The number of rotatable bonds is 5. The van der Waals surface area contributed by atoms with Gasteiger partial charge < -0.3 is 5.11 Å². The third-order valence-corrected chi connectivity index (χ3v) is 4.47. The van der Waals surface area contributed by atoms with Crippen LogP contribution in [0.3, 0.4) is 0 Å². The zero-order valence-electron chi connectivity index (χ0n) is 15.6. The molecule has 2 aromatic carbocycles. The molecule has 0 spiro atoms. The molecule has 0 aliphatic rings. The van der Waals surface area contributed by atoms with E-state index in [-0.39, 0.29) is 29.3 Å². The van der Waals surface area contributed by atoms with Gasteiger partial charge in [-0.25, -0.2) is 13.8 Å². The van der Waals surface area contributed by atoms with Crippen molar-refractivity contribution in [2.45, 2.75) is 26.8 Å². The van der Waals surface area contributed by atoms with E-state index in [1.54, 1.807) is 38.1 Å². The van der Waals surface area contributed by atoms with Gasteiger partial charge in [-0.05, 0) is 50.1 Å². The molecule has 3 rings (SSSR count). The number of allylic oxidation sites excluding steroid dienone is 1. The molecule has 0 fully saturated rings. The van der Waals surface area contributed by atoms with Crippen molar-refractivity contribution in [3.63, 3.8) is 0 Å². The fourth-order valence-corrected chi connectivity index (χ4v) is 3.08. The number of phenolic OH excluding ortho intramolecular Hbond substituents is 1. The Morgan fingerprint density at radius 2 is 1.93 bits per heavy atom. The Balaban J connectivity index is 2.15. The number of aromatic hydroxyl groups is 1. The molecule has 1 N–H and O–H groups in total. The zero-order chi connectivity index (χ0) is 20.3. The predicted molar refractivity (Wildman–Crippen MR) is 105 cm³/mol. The van der Waals surface area contributed by atoms with Crippen LogP contribution in [0, 0.1) is 18.6 Å². The fraction of sp³-hybridized carbons (Fsp3) is 0.182. The quantitative estimate of drug-likeness (QED) is 0.708. The molecule has 0 saturated heterocycles. The van der Waals surface area contributed by atoms with E-state index in [1.807, 2.05) is 0 Å². The number of hydrogen-bond donors (Lipinski definition) is 1. The van der Waals surface area contributed by atoms with E-state index in [2.05, 4.69) is 4.98 Å². The van der Waals surface area contributed by atoms with Crippen LogP contribution >= 0.6 is 0 Å². The Bertz CT molecular complexity index is 1100. The SMILES string of the molecule is CC=Cc1c(C)nc(-c2cccc(F)c2O)n(CCc2cccc(F)c2)c1=O. The lowest BCUT2D eigenvalue weighted by molar-refractivity contribution is 0.433. The van der Waals surface area contributed by atoms with Crippen molar-refractivity contribution >= 4 is 6.08 Å². The normalized spacial score (nSPS) is 11.3. The number of aromatic nitrogens is 2. The lowest BCUT2D eigenvalue weighted by Gasteiger charge is -2.16. The first kappa shape index (κ1) is 19.5. The fourth-order valence-electron chi connectivity index (χ4n) is 3.08. The van der Waals surface area contributed by atoms with E-state index in [0.717, 1.165) is 11.6 Å². The lowest BCUT2D eigenvalue weighted by Crippen LogP contribution is -2.27. The van der Waals surface area contributed by atoms with Crippen LogP contribution in [0.15, 0.2) is 53.3 Å². The maximum atomic E-state index is 13.9. The third-order valence-electron chi connectivity index (χ3n) is 4.47. The molecule has 0 aliphatic carbocycles. The first-order valence-electron chi connectivity index (χ1n) is 8.88. The molecule has 0 bridgehead atoms. The number of halogens is 2. The van der Waals surface area contributed by atoms with Gasteiger partial charge in [-0.1, -0.05) is 30.4 Å². The van der Waals surface area contributed by atoms with Crippen LogP contribution in [0.2, 0.25) is 0 Å². The van der Waals surface area contributed by atoms with Crippen LogP contribution in [-0.4, -0.2) is 14.7 Å². The summed E-state index contributed by atoms with van der Waals surface area (Å²) >= 11 is 0. The van der Waals surface area contributed by atoms with Crippen LogP contribution < -0.4 is 5.56 Å². The minimum absolute atomic E-state index is 0.131. The van der Waals surface area contributed by atoms with E-state index >= 15 is 0 Å². The highest BCUT2D eigenvalue weighted by Crippen LogP contribution is 2.30. The molecule has 1 heterocycles. The van der Waals surface area contributed by atoms with E-state index in [0.29, 0.717) is 17.7 Å². The number of benzene rings is 2. The number of nitrogens with zero attached hydrogens (tertiary/aromatic N) is 2. The molecule has 0 saturated carbocycles. The average molecular weight is 382 g/mol. The van der Waals surface area contributed by atoms with E-state index in [9.17, 15) is 18.7 Å².